The van der Waals surface area contributed by atoms with E-state index in [4.69, 9.17) is 0 Å². The van der Waals surface area contributed by atoms with Gasteiger partial charge in [0, 0.05) is 22.8 Å². The third-order valence-corrected chi connectivity index (χ3v) is 4.31. The van der Waals surface area contributed by atoms with Gasteiger partial charge in [-0.1, -0.05) is 20.8 Å². The van der Waals surface area contributed by atoms with Crippen molar-refractivity contribution in [2.75, 3.05) is 7.05 Å². The topological polar surface area (TPSA) is 36.4 Å². The van der Waals surface area contributed by atoms with E-state index < -0.39 is 0 Å². The molecule has 0 saturated carbocycles. The van der Waals surface area contributed by atoms with Crippen LogP contribution in [0.25, 0.3) is 0 Å². The van der Waals surface area contributed by atoms with Crippen LogP contribution in [-0.2, 0) is 13.0 Å². The number of nitrogens with one attached hydrogen (secondary N) is 2. The van der Waals surface area contributed by atoms with Crippen molar-refractivity contribution >= 4 is 41.3 Å². The van der Waals surface area contributed by atoms with Gasteiger partial charge in [-0.3, -0.25) is 4.99 Å². The summed E-state index contributed by atoms with van der Waals surface area (Å²) in [6.45, 7) is 9.62. The second-order valence-electron chi connectivity index (χ2n) is 4.82. The van der Waals surface area contributed by atoms with E-state index >= 15 is 0 Å². The number of hydrogen-bond acceptors (Lipinski definition) is 2. The highest BCUT2D eigenvalue weighted by Crippen LogP contribution is 2.16. The molecule has 1 atom stereocenters. The fourth-order valence-electron chi connectivity index (χ4n) is 1.46. The molecule has 2 N–H and O–H groups in total. The summed E-state index contributed by atoms with van der Waals surface area (Å²) in [5, 5.41) is 6.76. The maximum absolute atomic E-state index is 4.25. The van der Waals surface area contributed by atoms with Crippen molar-refractivity contribution in [3.63, 3.8) is 0 Å². The lowest BCUT2D eigenvalue weighted by Gasteiger charge is -2.20. The van der Waals surface area contributed by atoms with Crippen molar-refractivity contribution < 1.29 is 0 Å². The zero-order valence-corrected chi connectivity index (χ0v) is 15.6. The highest BCUT2D eigenvalue weighted by atomic mass is 127. The maximum Gasteiger partial charge on any atom is 0.191 e. The van der Waals surface area contributed by atoms with Gasteiger partial charge in [0.15, 0.2) is 5.96 Å². The molecule has 1 unspecified atom stereocenters. The van der Waals surface area contributed by atoms with Crippen LogP contribution >= 0.6 is 35.3 Å². The molecule has 19 heavy (non-hydrogen) atoms. The SMILES string of the molecule is CCc1ccc(CNC(=NC)NC(C)C(C)C)s1.I. The van der Waals surface area contributed by atoms with Gasteiger partial charge in [0.1, 0.15) is 0 Å². The molecule has 0 aliphatic rings. The Kier molecular flexibility index (Phi) is 9.43. The van der Waals surface area contributed by atoms with Crippen LogP contribution in [0, 0.1) is 5.92 Å². The summed E-state index contributed by atoms with van der Waals surface area (Å²) in [7, 11) is 1.81. The Morgan fingerprint density at radius 1 is 1.26 bits per heavy atom. The fraction of sp³-hybridized carbons (Fsp3) is 0.643. The number of hydrogen-bond donors (Lipinski definition) is 2. The fourth-order valence-corrected chi connectivity index (χ4v) is 2.35. The predicted octanol–water partition coefficient (Wildman–Crippen LogP) is 3.64. The van der Waals surface area contributed by atoms with Crippen molar-refractivity contribution in [2.24, 2.45) is 10.9 Å². The Bertz CT molecular complexity index is 388. The zero-order valence-electron chi connectivity index (χ0n) is 12.5. The molecule has 0 amide bonds. The van der Waals surface area contributed by atoms with E-state index in [-0.39, 0.29) is 24.0 Å². The molecule has 1 aromatic rings. The van der Waals surface area contributed by atoms with Gasteiger partial charge >= 0.3 is 0 Å². The van der Waals surface area contributed by atoms with E-state index in [1.807, 2.05) is 18.4 Å². The van der Waals surface area contributed by atoms with Gasteiger partial charge < -0.3 is 10.6 Å². The van der Waals surface area contributed by atoms with Crippen LogP contribution in [0.4, 0.5) is 0 Å². The van der Waals surface area contributed by atoms with Crippen LogP contribution < -0.4 is 10.6 Å². The Morgan fingerprint density at radius 2 is 1.89 bits per heavy atom. The summed E-state index contributed by atoms with van der Waals surface area (Å²) in [6.07, 6.45) is 1.11. The van der Waals surface area contributed by atoms with E-state index in [1.165, 1.54) is 9.75 Å². The van der Waals surface area contributed by atoms with Gasteiger partial charge in [-0.2, -0.15) is 0 Å². The average Bonchev–Trinajstić information content (AvgIpc) is 2.81. The monoisotopic (exact) mass is 395 g/mol. The molecule has 0 fully saturated rings. The number of aliphatic imine (C=N–C) groups is 1. The van der Waals surface area contributed by atoms with Gasteiger partial charge in [-0.05, 0) is 31.4 Å². The standard InChI is InChI=1S/C14H25N3S.HI/c1-6-12-7-8-13(18-12)9-16-14(15-5)17-11(4)10(2)3;/h7-8,10-11H,6,9H2,1-5H3,(H2,15,16,17);1H. The first-order valence-corrected chi connectivity index (χ1v) is 7.43. The van der Waals surface area contributed by atoms with E-state index in [2.05, 4.69) is 55.5 Å². The number of thiophene rings is 1. The molecule has 110 valence electrons. The summed E-state index contributed by atoms with van der Waals surface area (Å²) >= 11 is 1.87. The van der Waals surface area contributed by atoms with Gasteiger partial charge in [0.05, 0.1) is 6.54 Å². The zero-order chi connectivity index (χ0) is 13.5. The molecular formula is C14H26IN3S. The molecule has 0 radical (unpaired) electrons. The van der Waals surface area contributed by atoms with Crippen LogP contribution in [0.3, 0.4) is 0 Å². The smallest absolute Gasteiger partial charge is 0.191 e. The van der Waals surface area contributed by atoms with Crippen LogP contribution in [0.2, 0.25) is 0 Å². The first kappa shape index (κ1) is 18.7. The second kappa shape index (κ2) is 9.58. The first-order valence-electron chi connectivity index (χ1n) is 6.61. The lowest BCUT2D eigenvalue weighted by Crippen LogP contribution is -2.43. The summed E-state index contributed by atoms with van der Waals surface area (Å²) in [4.78, 5) is 7.04. The van der Waals surface area contributed by atoms with Crippen molar-refractivity contribution in [1.82, 2.24) is 10.6 Å². The highest BCUT2D eigenvalue weighted by molar-refractivity contribution is 14.0. The Morgan fingerprint density at radius 3 is 2.37 bits per heavy atom. The molecule has 5 heteroatoms. The summed E-state index contributed by atoms with van der Waals surface area (Å²) in [5.74, 6) is 1.47. The van der Waals surface area contributed by atoms with Crippen LogP contribution in [0.15, 0.2) is 17.1 Å². The largest absolute Gasteiger partial charge is 0.354 e. The minimum absolute atomic E-state index is 0. The predicted molar refractivity (Wildman–Crippen MR) is 96.7 cm³/mol. The van der Waals surface area contributed by atoms with Crippen LogP contribution in [0.5, 0.6) is 0 Å². The lowest BCUT2D eigenvalue weighted by atomic mass is 10.1. The Hall–Kier alpha value is -0.300. The van der Waals surface area contributed by atoms with Crippen LogP contribution in [0.1, 0.15) is 37.4 Å². The summed E-state index contributed by atoms with van der Waals surface area (Å²) in [6, 6.07) is 4.82. The Balaban J connectivity index is 0.00000324. The molecule has 0 saturated heterocycles. The number of nitrogens with zero attached hydrogens (tertiary/aromatic N) is 1. The van der Waals surface area contributed by atoms with Crippen molar-refractivity contribution in [3.05, 3.63) is 21.9 Å². The molecule has 0 spiro atoms. The average molecular weight is 395 g/mol. The lowest BCUT2D eigenvalue weighted by molar-refractivity contribution is 0.481. The van der Waals surface area contributed by atoms with E-state index in [9.17, 15) is 0 Å². The minimum atomic E-state index is 0. The molecule has 1 heterocycles. The molecule has 0 aliphatic carbocycles. The number of guanidine groups is 1. The minimum Gasteiger partial charge on any atom is -0.354 e. The second-order valence-corrected chi connectivity index (χ2v) is 6.08. The third kappa shape index (κ3) is 6.61. The van der Waals surface area contributed by atoms with E-state index in [0.29, 0.717) is 12.0 Å². The van der Waals surface area contributed by atoms with Gasteiger partial charge in [0.25, 0.3) is 0 Å². The summed E-state index contributed by atoms with van der Waals surface area (Å²) in [5.41, 5.74) is 0. The van der Waals surface area contributed by atoms with Crippen molar-refractivity contribution in [1.29, 1.82) is 0 Å². The molecule has 0 aromatic carbocycles. The molecule has 1 rings (SSSR count). The molecule has 3 nitrogen and oxygen atoms in total. The molecule has 0 aliphatic heterocycles. The van der Waals surface area contributed by atoms with Gasteiger partial charge in [-0.15, -0.1) is 35.3 Å². The van der Waals surface area contributed by atoms with Crippen molar-refractivity contribution in [2.45, 2.75) is 46.7 Å². The van der Waals surface area contributed by atoms with E-state index in [0.717, 1.165) is 18.9 Å². The quantitative estimate of drug-likeness (QED) is 0.454. The van der Waals surface area contributed by atoms with Gasteiger partial charge in [0.2, 0.25) is 0 Å². The summed E-state index contributed by atoms with van der Waals surface area (Å²) < 4.78 is 0. The maximum atomic E-state index is 4.25. The van der Waals surface area contributed by atoms with Gasteiger partial charge in [-0.25, -0.2) is 0 Å². The highest BCUT2D eigenvalue weighted by Gasteiger charge is 2.08. The van der Waals surface area contributed by atoms with Crippen molar-refractivity contribution in [3.8, 4) is 0 Å². The van der Waals surface area contributed by atoms with Crippen LogP contribution in [-0.4, -0.2) is 19.0 Å². The van der Waals surface area contributed by atoms with E-state index in [1.54, 1.807) is 0 Å². The molecule has 1 aromatic heterocycles. The molecule has 0 bridgehead atoms. The number of halogens is 1. The first-order chi connectivity index (χ1) is 8.56. The Labute approximate surface area is 138 Å². The number of rotatable bonds is 5. The normalized spacial score (nSPS) is 13.1. The third-order valence-electron chi connectivity index (χ3n) is 3.08. The number of aryl methyl sites for hydroxylation is 1. The molecular weight excluding hydrogens is 369 g/mol.